The molecule has 1 aliphatic rings. The van der Waals surface area contributed by atoms with Gasteiger partial charge in [0.25, 0.3) is 5.91 Å². The van der Waals surface area contributed by atoms with Crippen molar-refractivity contribution < 1.29 is 27.2 Å². The average Bonchev–Trinajstić information content (AvgIpc) is 2.38. The van der Waals surface area contributed by atoms with Gasteiger partial charge in [-0.3, -0.25) is 14.5 Å². The molecule has 0 aliphatic carbocycles. The number of nitrogens with zero attached hydrogens (tertiary/aromatic N) is 3. The van der Waals surface area contributed by atoms with Crippen LogP contribution in [0.4, 0.5) is 17.6 Å². The Labute approximate surface area is 114 Å². The molecule has 1 fully saturated rings. The van der Waals surface area contributed by atoms with Gasteiger partial charge in [-0.15, -0.1) is 0 Å². The molecule has 0 unspecified atom stereocenters. The quantitative estimate of drug-likeness (QED) is 0.693. The summed E-state index contributed by atoms with van der Waals surface area (Å²) in [6.45, 7) is 0.319. The second-order valence-electron chi connectivity index (χ2n) is 4.78. The Kier molecular flexibility index (Phi) is 5.32. The van der Waals surface area contributed by atoms with Gasteiger partial charge in [0.2, 0.25) is 5.91 Å². The number of hydrogen-bond donors (Lipinski definition) is 0. The normalized spacial score (nSPS) is 17.4. The second kappa shape index (κ2) is 6.38. The first-order valence-electron chi connectivity index (χ1n) is 6.04. The predicted molar refractivity (Wildman–Crippen MR) is 62.7 cm³/mol. The smallest absolute Gasteiger partial charge is 0.348 e. The van der Waals surface area contributed by atoms with E-state index in [0.717, 1.165) is 0 Å². The van der Waals surface area contributed by atoms with E-state index in [9.17, 15) is 27.2 Å². The van der Waals surface area contributed by atoms with Crippen molar-refractivity contribution in [2.75, 3.05) is 46.8 Å². The first-order valence-corrected chi connectivity index (χ1v) is 6.04. The highest BCUT2D eigenvalue weighted by Crippen LogP contribution is 2.25. The van der Waals surface area contributed by atoms with Gasteiger partial charge in [0.15, 0.2) is 0 Å². The lowest BCUT2D eigenvalue weighted by atomic mass is 10.2. The maximum absolute atomic E-state index is 12.9. The van der Waals surface area contributed by atoms with Crippen LogP contribution >= 0.6 is 0 Å². The summed E-state index contributed by atoms with van der Waals surface area (Å²) in [4.78, 5) is 26.5. The van der Waals surface area contributed by atoms with Crippen LogP contribution in [-0.4, -0.2) is 85.7 Å². The lowest BCUT2D eigenvalue weighted by Gasteiger charge is -2.36. The second-order valence-corrected chi connectivity index (χ2v) is 4.78. The fourth-order valence-corrected chi connectivity index (χ4v) is 1.75. The van der Waals surface area contributed by atoms with Crippen LogP contribution in [0.5, 0.6) is 0 Å². The van der Waals surface area contributed by atoms with Gasteiger partial charge in [-0.2, -0.15) is 8.78 Å². The van der Waals surface area contributed by atoms with Crippen LogP contribution in [-0.2, 0) is 9.59 Å². The molecule has 0 aromatic heterocycles. The topological polar surface area (TPSA) is 43.9 Å². The molecule has 1 rings (SSSR count). The van der Waals surface area contributed by atoms with E-state index >= 15 is 0 Å². The summed E-state index contributed by atoms with van der Waals surface area (Å²) in [7, 11) is 3.18. The Morgan fingerprint density at radius 2 is 1.65 bits per heavy atom. The Bertz CT molecular complexity index is 369. The maximum Gasteiger partial charge on any atom is 0.383 e. The Balaban J connectivity index is 2.50. The number of halogens is 4. The number of alkyl halides is 4. The minimum Gasteiger partial charge on any atom is -0.348 e. The summed E-state index contributed by atoms with van der Waals surface area (Å²) in [5, 5.41) is 0. The number of hydrogen-bond acceptors (Lipinski definition) is 3. The summed E-state index contributed by atoms with van der Waals surface area (Å²) in [5.74, 6) is -6.66. The molecule has 5 nitrogen and oxygen atoms in total. The molecule has 0 radical (unpaired) electrons. The highest BCUT2D eigenvalue weighted by Gasteiger charge is 2.51. The molecule has 0 aromatic rings. The van der Waals surface area contributed by atoms with Crippen molar-refractivity contribution in [2.45, 2.75) is 12.3 Å². The number of likely N-dealkylation sites (N-methyl/N-ethyl adjacent to an activating group) is 1. The van der Waals surface area contributed by atoms with E-state index in [0.29, 0.717) is 4.90 Å². The van der Waals surface area contributed by atoms with Gasteiger partial charge in [0.1, 0.15) is 0 Å². The maximum atomic E-state index is 12.9. The lowest BCUT2D eigenvalue weighted by molar-refractivity contribution is -0.182. The first kappa shape index (κ1) is 16.7. The van der Waals surface area contributed by atoms with Crippen LogP contribution in [0.3, 0.4) is 0 Å². The van der Waals surface area contributed by atoms with Gasteiger partial charge in [-0.05, 0) is 0 Å². The Morgan fingerprint density at radius 3 is 2.05 bits per heavy atom. The zero-order chi connectivity index (χ0) is 15.5. The molecule has 0 N–H and O–H groups in total. The van der Waals surface area contributed by atoms with Crippen molar-refractivity contribution in [2.24, 2.45) is 0 Å². The van der Waals surface area contributed by atoms with Crippen molar-refractivity contribution in [3.63, 3.8) is 0 Å². The Morgan fingerprint density at radius 1 is 1.15 bits per heavy atom. The molecule has 116 valence electrons. The minimum atomic E-state index is -4.65. The van der Waals surface area contributed by atoms with E-state index in [4.69, 9.17) is 0 Å². The summed E-state index contributed by atoms with van der Waals surface area (Å²) < 4.78 is 50.0. The molecular weight excluding hydrogens is 282 g/mol. The van der Waals surface area contributed by atoms with Gasteiger partial charge in [0, 0.05) is 40.3 Å². The molecule has 1 heterocycles. The third kappa shape index (κ3) is 3.81. The van der Waals surface area contributed by atoms with Gasteiger partial charge in [-0.1, -0.05) is 0 Å². The van der Waals surface area contributed by atoms with E-state index in [1.54, 1.807) is 19.0 Å². The zero-order valence-electron chi connectivity index (χ0n) is 11.3. The molecule has 0 aromatic carbocycles. The summed E-state index contributed by atoms with van der Waals surface area (Å²) in [5.41, 5.74) is 0. The SMILES string of the molecule is CN(C)C(=O)CN1CCN(C(=O)C(F)(F)C(F)F)CC1. The van der Waals surface area contributed by atoms with E-state index in [1.807, 2.05) is 0 Å². The summed E-state index contributed by atoms with van der Waals surface area (Å²) >= 11 is 0. The van der Waals surface area contributed by atoms with Crippen LogP contribution in [0.25, 0.3) is 0 Å². The van der Waals surface area contributed by atoms with Gasteiger partial charge < -0.3 is 9.80 Å². The van der Waals surface area contributed by atoms with E-state index in [2.05, 4.69) is 0 Å². The van der Waals surface area contributed by atoms with Crippen molar-refractivity contribution in [3.8, 4) is 0 Å². The molecule has 1 aliphatic heterocycles. The number of piperazine rings is 1. The van der Waals surface area contributed by atoms with Crippen molar-refractivity contribution >= 4 is 11.8 Å². The van der Waals surface area contributed by atoms with E-state index in [-0.39, 0.29) is 38.6 Å². The van der Waals surface area contributed by atoms with Crippen molar-refractivity contribution in [1.82, 2.24) is 14.7 Å². The highest BCUT2D eigenvalue weighted by atomic mass is 19.3. The standard InChI is InChI=1S/C11H17F4N3O2/c1-16(2)8(19)7-17-3-5-18(6-4-17)10(20)11(14,15)9(12)13/h9H,3-7H2,1-2H3. The van der Waals surface area contributed by atoms with E-state index < -0.39 is 18.3 Å². The summed E-state index contributed by atoms with van der Waals surface area (Å²) in [6.07, 6.45) is -4.01. The third-order valence-electron chi connectivity index (χ3n) is 3.08. The fraction of sp³-hybridized carbons (Fsp3) is 0.818. The van der Waals surface area contributed by atoms with Crippen LogP contribution in [0.2, 0.25) is 0 Å². The number of amides is 2. The van der Waals surface area contributed by atoms with Crippen LogP contribution in [0.1, 0.15) is 0 Å². The predicted octanol–water partition coefficient (Wildman–Crippen LogP) is 0.119. The van der Waals surface area contributed by atoms with Gasteiger partial charge >= 0.3 is 12.3 Å². The Hall–Kier alpha value is -1.38. The van der Waals surface area contributed by atoms with Crippen LogP contribution < -0.4 is 0 Å². The number of carbonyl (C=O) groups is 2. The molecule has 9 heteroatoms. The molecule has 0 bridgehead atoms. The summed E-state index contributed by atoms with van der Waals surface area (Å²) in [6, 6.07) is 0. The van der Waals surface area contributed by atoms with Crippen LogP contribution in [0, 0.1) is 0 Å². The van der Waals surface area contributed by atoms with Gasteiger partial charge in [0.05, 0.1) is 6.54 Å². The first-order chi connectivity index (χ1) is 9.16. The van der Waals surface area contributed by atoms with Crippen molar-refractivity contribution in [1.29, 1.82) is 0 Å². The number of rotatable bonds is 4. The molecule has 0 saturated carbocycles. The molecule has 0 spiro atoms. The molecule has 0 atom stereocenters. The molecule has 2 amide bonds. The number of carbonyl (C=O) groups excluding carboxylic acids is 2. The van der Waals surface area contributed by atoms with Gasteiger partial charge in [-0.25, -0.2) is 8.78 Å². The highest BCUT2D eigenvalue weighted by molar-refractivity contribution is 5.84. The fourth-order valence-electron chi connectivity index (χ4n) is 1.75. The van der Waals surface area contributed by atoms with Crippen LogP contribution in [0.15, 0.2) is 0 Å². The monoisotopic (exact) mass is 299 g/mol. The molecular formula is C11H17F4N3O2. The van der Waals surface area contributed by atoms with E-state index in [1.165, 1.54) is 4.90 Å². The minimum absolute atomic E-state index is 0.0954. The lowest BCUT2D eigenvalue weighted by Crippen LogP contribution is -2.56. The van der Waals surface area contributed by atoms with Crippen molar-refractivity contribution in [3.05, 3.63) is 0 Å². The molecule has 20 heavy (non-hydrogen) atoms. The third-order valence-corrected chi connectivity index (χ3v) is 3.08. The molecule has 1 saturated heterocycles. The largest absolute Gasteiger partial charge is 0.383 e. The average molecular weight is 299 g/mol. The zero-order valence-corrected chi connectivity index (χ0v) is 11.3.